The minimum Gasteiger partial charge on any atom is -0.507 e. The summed E-state index contributed by atoms with van der Waals surface area (Å²) in [7, 11) is 0. The summed E-state index contributed by atoms with van der Waals surface area (Å²) in [5.41, 5.74) is 0.331. The third kappa shape index (κ3) is 2.97. The SMILES string of the molecule is O=C1c2ccccc2C(=O)C1C(c1cccc(Cl)c1)c1c(O)c2ccccc2oc1=O. The average Bonchev–Trinajstić information content (AvgIpc) is 3.02. The predicted octanol–water partition coefficient (Wildman–Crippen LogP) is 4.98. The number of halogens is 1. The first kappa shape index (κ1) is 19.3. The molecule has 1 heterocycles. The molecule has 1 N–H and O–H groups in total. The second kappa shape index (κ2) is 7.22. The molecule has 0 amide bonds. The first-order valence-electron chi connectivity index (χ1n) is 9.65. The number of rotatable bonds is 3. The minimum absolute atomic E-state index is 0.138. The van der Waals surface area contributed by atoms with Crippen LogP contribution >= 0.6 is 11.6 Å². The van der Waals surface area contributed by atoms with E-state index in [2.05, 4.69) is 0 Å². The van der Waals surface area contributed by atoms with Gasteiger partial charge in [-0.05, 0) is 29.8 Å². The van der Waals surface area contributed by atoms with E-state index in [1.165, 1.54) is 0 Å². The van der Waals surface area contributed by atoms with Crippen LogP contribution in [0.4, 0.5) is 0 Å². The first-order chi connectivity index (χ1) is 15.0. The largest absolute Gasteiger partial charge is 0.507 e. The molecule has 5 nitrogen and oxygen atoms in total. The first-order valence-corrected chi connectivity index (χ1v) is 10.0. The fourth-order valence-corrected chi connectivity index (χ4v) is 4.52. The second-order valence-electron chi connectivity index (χ2n) is 7.43. The lowest BCUT2D eigenvalue weighted by atomic mass is 9.78. The Morgan fingerprint density at radius 2 is 1.48 bits per heavy atom. The predicted molar refractivity (Wildman–Crippen MR) is 116 cm³/mol. The van der Waals surface area contributed by atoms with Gasteiger partial charge < -0.3 is 9.52 Å². The lowest BCUT2D eigenvalue weighted by Crippen LogP contribution is -2.28. The molecule has 0 spiro atoms. The van der Waals surface area contributed by atoms with E-state index in [1.54, 1.807) is 72.8 Å². The molecular formula is C25H15ClO5. The molecule has 0 aliphatic heterocycles. The molecule has 0 saturated heterocycles. The molecule has 1 unspecified atom stereocenters. The minimum atomic E-state index is -1.22. The van der Waals surface area contributed by atoms with Crippen LogP contribution in [0, 0.1) is 5.92 Å². The zero-order valence-corrected chi connectivity index (χ0v) is 16.8. The van der Waals surface area contributed by atoms with Crippen molar-refractivity contribution >= 4 is 34.1 Å². The number of hydrogen-bond donors (Lipinski definition) is 1. The van der Waals surface area contributed by atoms with E-state index in [4.69, 9.17) is 16.0 Å². The molecule has 1 aliphatic rings. The van der Waals surface area contributed by atoms with Crippen molar-refractivity contribution < 1.29 is 19.1 Å². The summed E-state index contributed by atoms with van der Waals surface area (Å²) in [6, 6.07) is 19.7. The zero-order chi connectivity index (χ0) is 21.7. The molecule has 0 saturated carbocycles. The van der Waals surface area contributed by atoms with Gasteiger partial charge in [-0.1, -0.05) is 60.1 Å². The molecule has 31 heavy (non-hydrogen) atoms. The number of aromatic hydroxyl groups is 1. The van der Waals surface area contributed by atoms with Gasteiger partial charge in [0, 0.05) is 22.1 Å². The molecule has 0 radical (unpaired) electrons. The number of carbonyl (C=O) groups excluding carboxylic acids is 2. The third-order valence-electron chi connectivity index (χ3n) is 5.69. The van der Waals surface area contributed by atoms with E-state index in [1.807, 2.05) is 0 Å². The van der Waals surface area contributed by atoms with Crippen LogP contribution in [0.2, 0.25) is 5.02 Å². The van der Waals surface area contributed by atoms with Gasteiger partial charge in [-0.15, -0.1) is 0 Å². The molecule has 152 valence electrons. The Labute approximate surface area is 181 Å². The van der Waals surface area contributed by atoms with E-state index in [9.17, 15) is 19.5 Å². The maximum atomic E-state index is 13.3. The summed E-state index contributed by atoms with van der Waals surface area (Å²) < 4.78 is 5.44. The van der Waals surface area contributed by atoms with Crippen molar-refractivity contribution in [3.05, 3.63) is 110 Å². The Kier molecular flexibility index (Phi) is 4.49. The third-order valence-corrected chi connectivity index (χ3v) is 5.93. The van der Waals surface area contributed by atoms with Gasteiger partial charge in [0.1, 0.15) is 11.3 Å². The Balaban J connectivity index is 1.81. The highest BCUT2D eigenvalue weighted by Crippen LogP contribution is 2.44. The monoisotopic (exact) mass is 430 g/mol. The van der Waals surface area contributed by atoms with Crippen molar-refractivity contribution in [1.29, 1.82) is 0 Å². The highest BCUT2D eigenvalue weighted by atomic mass is 35.5. The zero-order valence-electron chi connectivity index (χ0n) is 16.0. The molecule has 4 aromatic rings. The maximum Gasteiger partial charge on any atom is 0.343 e. The normalized spacial score (nSPS) is 14.7. The van der Waals surface area contributed by atoms with Crippen LogP contribution in [0.15, 0.2) is 82.0 Å². The van der Waals surface area contributed by atoms with E-state index in [-0.39, 0.29) is 16.9 Å². The van der Waals surface area contributed by atoms with E-state index in [0.717, 1.165) is 0 Å². The number of Topliss-reactive ketones (excluding diaryl/α,β-unsaturated/α-hetero) is 2. The summed E-state index contributed by atoms with van der Waals surface area (Å²) >= 11 is 6.19. The molecule has 6 heteroatoms. The van der Waals surface area contributed by atoms with Crippen molar-refractivity contribution in [3.8, 4) is 5.75 Å². The Hall–Kier alpha value is -3.70. The molecule has 1 aliphatic carbocycles. The standard InChI is InChI=1S/C25H15ClO5/c26-14-7-5-6-13(12-14)19(20-22(27)15-8-1-2-9-16(15)23(20)28)21-24(29)17-10-3-4-11-18(17)31-25(21)30/h1-12,19-20,29H. The van der Waals surface area contributed by atoms with Crippen LogP contribution in [0.1, 0.15) is 37.8 Å². The Morgan fingerprint density at radius 3 is 2.16 bits per heavy atom. The summed E-state index contributed by atoms with van der Waals surface area (Å²) in [6.45, 7) is 0. The van der Waals surface area contributed by atoms with Crippen molar-refractivity contribution in [2.45, 2.75) is 5.92 Å². The number of ketones is 2. The van der Waals surface area contributed by atoms with Crippen molar-refractivity contribution in [3.63, 3.8) is 0 Å². The maximum absolute atomic E-state index is 13.3. The fourth-order valence-electron chi connectivity index (χ4n) is 4.32. The Morgan fingerprint density at radius 1 is 0.839 bits per heavy atom. The summed E-state index contributed by atoms with van der Waals surface area (Å²) in [4.78, 5) is 39.6. The second-order valence-corrected chi connectivity index (χ2v) is 7.87. The van der Waals surface area contributed by atoms with E-state index >= 15 is 0 Å². The smallest absolute Gasteiger partial charge is 0.343 e. The van der Waals surface area contributed by atoms with Crippen LogP contribution in [-0.4, -0.2) is 16.7 Å². The quantitative estimate of drug-likeness (QED) is 0.366. The van der Waals surface area contributed by atoms with Crippen LogP contribution < -0.4 is 5.63 Å². The van der Waals surface area contributed by atoms with Gasteiger partial charge in [-0.2, -0.15) is 0 Å². The van der Waals surface area contributed by atoms with Gasteiger partial charge in [-0.25, -0.2) is 4.79 Å². The van der Waals surface area contributed by atoms with E-state index < -0.39 is 29.0 Å². The fraction of sp³-hybridized carbons (Fsp3) is 0.0800. The van der Waals surface area contributed by atoms with Gasteiger partial charge in [0.2, 0.25) is 0 Å². The van der Waals surface area contributed by atoms with Gasteiger partial charge in [0.25, 0.3) is 0 Å². The van der Waals surface area contributed by atoms with Crippen LogP contribution in [0.25, 0.3) is 11.0 Å². The van der Waals surface area contributed by atoms with Gasteiger partial charge in [-0.3, -0.25) is 9.59 Å². The van der Waals surface area contributed by atoms with Gasteiger partial charge in [0.05, 0.1) is 16.9 Å². The number of hydrogen-bond acceptors (Lipinski definition) is 5. The number of carbonyl (C=O) groups is 2. The van der Waals surface area contributed by atoms with Gasteiger partial charge in [0.15, 0.2) is 11.6 Å². The molecule has 1 aromatic heterocycles. The lowest BCUT2D eigenvalue weighted by Gasteiger charge is -2.23. The molecular weight excluding hydrogens is 416 g/mol. The lowest BCUT2D eigenvalue weighted by molar-refractivity contribution is 0.0824. The topological polar surface area (TPSA) is 84.6 Å². The number of para-hydroxylation sites is 1. The molecule has 1 atom stereocenters. The highest BCUT2D eigenvalue weighted by molar-refractivity contribution is 6.30. The highest BCUT2D eigenvalue weighted by Gasteiger charge is 2.46. The average molecular weight is 431 g/mol. The number of fused-ring (bicyclic) bond motifs is 2. The van der Waals surface area contributed by atoms with Crippen LogP contribution in [0.5, 0.6) is 5.75 Å². The van der Waals surface area contributed by atoms with Gasteiger partial charge >= 0.3 is 5.63 Å². The molecule has 3 aromatic carbocycles. The van der Waals surface area contributed by atoms with Crippen molar-refractivity contribution in [2.75, 3.05) is 0 Å². The molecule has 0 fully saturated rings. The summed E-state index contributed by atoms with van der Waals surface area (Å²) in [6.07, 6.45) is 0. The molecule has 5 rings (SSSR count). The van der Waals surface area contributed by atoms with Crippen LogP contribution in [0.3, 0.4) is 0 Å². The number of benzene rings is 3. The Bertz CT molecular complexity index is 1400. The summed E-state index contributed by atoms with van der Waals surface area (Å²) in [5.74, 6) is -3.40. The van der Waals surface area contributed by atoms with Crippen LogP contribution in [-0.2, 0) is 0 Å². The van der Waals surface area contributed by atoms with Crippen molar-refractivity contribution in [1.82, 2.24) is 0 Å². The summed E-state index contributed by atoms with van der Waals surface area (Å²) in [5, 5.41) is 11.8. The molecule has 0 bridgehead atoms. The van der Waals surface area contributed by atoms with Crippen molar-refractivity contribution in [2.24, 2.45) is 5.92 Å². The van der Waals surface area contributed by atoms with E-state index in [0.29, 0.717) is 27.1 Å².